The van der Waals surface area contributed by atoms with Crippen LogP contribution >= 0.6 is 0 Å². The maximum absolute atomic E-state index is 12.4. The van der Waals surface area contributed by atoms with E-state index in [1.165, 1.54) is 30.3 Å². The van der Waals surface area contributed by atoms with E-state index in [9.17, 15) is 19.7 Å². The normalized spacial score (nSPS) is 15.7. The van der Waals surface area contributed by atoms with Gasteiger partial charge < -0.3 is 5.32 Å². The van der Waals surface area contributed by atoms with Gasteiger partial charge in [-0.15, -0.1) is 0 Å². The number of amides is 3. The van der Waals surface area contributed by atoms with Crippen molar-refractivity contribution in [3.05, 3.63) is 81.5 Å². The van der Waals surface area contributed by atoms with Crippen molar-refractivity contribution < 1.29 is 14.5 Å². The number of nitro benzene ring substituents is 1. The highest BCUT2D eigenvalue weighted by atomic mass is 16.6. The van der Waals surface area contributed by atoms with Crippen LogP contribution in [0.25, 0.3) is 6.08 Å². The molecule has 7 heteroatoms. The first-order chi connectivity index (χ1) is 11.5. The molecule has 0 bridgehead atoms. The van der Waals surface area contributed by atoms with E-state index in [0.717, 1.165) is 10.5 Å². The summed E-state index contributed by atoms with van der Waals surface area (Å²) in [5.41, 5.74) is 1.54. The average Bonchev–Trinajstić information content (AvgIpc) is 2.84. The Balaban J connectivity index is 1.79. The molecular weight excluding hydrogens is 310 g/mol. The summed E-state index contributed by atoms with van der Waals surface area (Å²) in [6, 6.07) is 14.4. The molecule has 1 fully saturated rings. The molecule has 0 spiro atoms. The zero-order valence-corrected chi connectivity index (χ0v) is 12.5. The Labute approximate surface area is 137 Å². The van der Waals surface area contributed by atoms with Gasteiger partial charge >= 0.3 is 6.03 Å². The number of urea groups is 1. The third kappa shape index (κ3) is 3.14. The molecule has 3 amide bonds. The topological polar surface area (TPSA) is 92.5 Å². The first-order valence-corrected chi connectivity index (χ1v) is 7.17. The fourth-order valence-electron chi connectivity index (χ4n) is 2.34. The lowest BCUT2D eigenvalue weighted by atomic mass is 10.1. The van der Waals surface area contributed by atoms with Crippen LogP contribution in [0.1, 0.15) is 11.1 Å². The van der Waals surface area contributed by atoms with E-state index >= 15 is 0 Å². The molecule has 120 valence electrons. The van der Waals surface area contributed by atoms with Crippen LogP contribution in [0.5, 0.6) is 0 Å². The quantitative estimate of drug-likeness (QED) is 0.405. The maximum atomic E-state index is 12.4. The van der Waals surface area contributed by atoms with Gasteiger partial charge in [0.2, 0.25) is 0 Å². The predicted molar refractivity (Wildman–Crippen MR) is 86.6 cm³/mol. The fourth-order valence-corrected chi connectivity index (χ4v) is 2.34. The van der Waals surface area contributed by atoms with Gasteiger partial charge in [0.1, 0.15) is 5.70 Å². The van der Waals surface area contributed by atoms with Crippen LogP contribution in [-0.4, -0.2) is 21.8 Å². The number of hydrogen-bond acceptors (Lipinski definition) is 4. The molecule has 24 heavy (non-hydrogen) atoms. The molecule has 0 atom stereocenters. The van der Waals surface area contributed by atoms with Gasteiger partial charge in [-0.25, -0.2) is 4.79 Å². The monoisotopic (exact) mass is 323 g/mol. The Hall–Kier alpha value is -3.48. The van der Waals surface area contributed by atoms with E-state index < -0.39 is 16.9 Å². The second kappa shape index (κ2) is 6.33. The number of nitrogens with one attached hydrogen (secondary N) is 1. The van der Waals surface area contributed by atoms with Crippen molar-refractivity contribution in [2.24, 2.45) is 0 Å². The molecule has 3 rings (SSSR count). The Bertz CT molecular complexity index is 829. The summed E-state index contributed by atoms with van der Waals surface area (Å²) >= 11 is 0. The van der Waals surface area contributed by atoms with Crippen LogP contribution in [0.4, 0.5) is 10.5 Å². The Kier molecular flexibility index (Phi) is 4.07. The first-order valence-electron chi connectivity index (χ1n) is 7.17. The highest BCUT2D eigenvalue weighted by molar-refractivity contribution is 6.13. The zero-order chi connectivity index (χ0) is 17.1. The van der Waals surface area contributed by atoms with Crippen LogP contribution in [0, 0.1) is 10.1 Å². The molecule has 2 aromatic carbocycles. The van der Waals surface area contributed by atoms with Crippen molar-refractivity contribution >= 4 is 23.7 Å². The fraction of sp³-hybridized carbons (Fsp3) is 0.0588. The van der Waals surface area contributed by atoms with Crippen molar-refractivity contribution in [2.75, 3.05) is 0 Å². The summed E-state index contributed by atoms with van der Waals surface area (Å²) in [6.07, 6.45) is 1.49. The van der Waals surface area contributed by atoms with Gasteiger partial charge in [-0.1, -0.05) is 30.3 Å². The largest absolute Gasteiger partial charge is 0.329 e. The van der Waals surface area contributed by atoms with Crippen LogP contribution in [-0.2, 0) is 11.3 Å². The van der Waals surface area contributed by atoms with Gasteiger partial charge in [0.25, 0.3) is 11.6 Å². The molecule has 1 aliphatic rings. The molecule has 1 heterocycles. The van der Waals surface area contributed by atoms with Gasteiger partial charge in [-0.2, -0.15) is 0 Å². The zero-order valence-electron chi connectivity index (χ0n) is 12.5. The number of nitrogens with zero attached hydrogens (tertiary/aromatic N) is 2. The van der Waals surface area contributed by atoms with Crippen LogP contribution < -0.4 is 5.32 Å². The predicted octanol–water partition coefficient (Wildman–Crippen LogP) is 2.69. The van der Waals surface area contributed by atoms with Crippen molar-refractivity contribution in [3.8, 4) is 0 Å². The second-order valence-corrected chi connectivity index (χ2v) is 5.21. The number of hydrogen-bond donors (Lipinski definition) is 1. The van der Waals surface area contributed by atoms with Crippen LogP contribution in [0.2, 0.25) is 0 Å². The third-order valence-electron chi connectivity index (χ3n) is 3.56. The molecule has 0 aliphatic carbocycles. The van der Waals surface area contributed by atoms with Gasteiger partial charge in [0.15, 0.2) is 0 Å². The summed E-state index contributed by atoms with van der Waals surface area (Å²) in [6.45, 7) is 0.184. The average molecular weight is 323 g/mol. The van der Waals surface area contributed by atoms with Crippen molar-refractivity contribution in [3.63, 3.8) is 0 Å². The summed E-state index contributed by atoms with van der Waals surface area (Å²) in [5.74, 6) is -0.429. The second-order valence-electron chi connectivity index (χ2n) is 5.21. The van der Waals surface area contributed by atoms with Gasteiger partial charge in [0, 0.05) is 12.1 Å². The Morgan fingerprint density at radius 2 is 1.71 bits per heavy atom. The van der Waals surface area contributed by atoms with Crippen molar-refractivity contribution in [2.45, 2.75) is 6.54 Å². The number of carbonyl (C=O) groups is 2. The minimum atomic E-state index is -0.499. The molecule has 7 nitrogen and oxygen atoms in total. The molecule has 1 N–H and O–H groups in total. The number of nitro groups is 1. The minimum Gasteiger partial charge on any atom is -0.303 e. The number of rotatable bonds is 4. The molecule has 2 aromatic rings. The highest BCUT2D eigenvalue weighted by Crippen LogP contribution is 2.18. The lowest BCUT2D eigenvalue weighted by Crippen LogP contribution is -2.30. The third-order valence-corrected chi connectivity index (χ3v) is 3.56. The van der Waals surface area contributed by atoms with Crippen LogP contribution in [0.3, 0.4) is 0 Å². The van der Waals surface area contributed by atoms with Crippen molar-refractivity contribution in [1.82, 2.24) is 10.2 Å². The summed E-state index contributed by atoms with van der Waals surface area (Å²) in [5, 5.41) is 13.2. The maximum Gasteiger partial charge on any atom is 0.329 e. The number of benzene rings is 2. The molecule has 0 aromatic heterocycles. The number of imide groups is 1. The van der Waals surface area contributed by atoms with E-state index in [4.69, 9.17) is 0 Å². The highest BCUT2D eigenvalue weighted by Gasteiger charge is 2.33. The standard InChI is InChI=1S/C17H13N3O4/c21-16-15(10-12-6-8-14(9-7-12)20(23)24)18-17(22)19(16)11-13-4-2-1-3-5-13/h1-10H,11H2,(H,18,22)/b15-10+. The van der Waals surface area contributed by atoms with Gasteiger partial charge in [-0.3, -0.25) is 19.8 Å². The Morgan fingerprint density at radius 1 is 1.04 bits per heavy atom. The first kappa shape index (κ1) is 15.4. The van der Waals surface area contributed by atoms with E-state index in [2.05, 4.69) is 5.32 Å². The van der Waals surface area contributed by atoms with E-state index in [1.807, 2.05) is 30.3 Å². The molecule has 0 saturated carbocycles. The molecule has 1 saturated heterocycles. The van der Waals surface area contributed by atoms with E-state index in [0.29, 0.717) is 5.56 Å². The SMILES string of the molecule is O=C1N/C(=C/c2ccc([N+](=O)[O-])cc2)C(=O)N1Cc1ccccc1. The lowest BCUT2D eigenvalue weighted by molar-refractivity contribution is -0.384. The molecule has 1 aliphatic heterocycles. The molecular formula is C17H13N3O4. The smallest absolute Gasteiger partial charge is 0.303 e. The van der Waals surface area contributed by atoms with E-state index in [1.54, 1.807) is 0 Å². The molecule has 0 radical (unpaired) electrons. The van der Waals surface area contributed by atoms with Crippen LogP contribution in [0.15, 0.2) is 60.3 Å². The van der Waals surface area contributed by atoms with Crippen molar-refractivity contribution in [1.29, 1.82) is 0 Å². The Morgan fingerprint density at radius 3 is 2.33 bits per heavy atom. The summed E-state index contributed by atoms with van der Waals surface area (Å²) in [4.78, 5) is 35.6. The van der Waals surface area contributed by atoms with Gasteiger partial charge in [0.05, 0.1) is 11.5 Å². The lowest BCUT2D eigenvalue weighted by Gasteiger charge is -2.11. The number of carbonyl (C=O) groups excluding carboxylic acids is 2. The summed E-state index contributed by atoms with van der Waals surface area (Å²) in [7, 11) is 0. The van der Waals surface area contributed by atoms with Gasteiger partial charge in [-0.05, 0) is 29.3 Å². The van der Waals surface area contributed by atoms with E-state index in [-0.39, 0.29) is 17.9 Å². The number of non-ortho nitro benzene ring substituents is 1. The summed E-state index contributed by atoms with van der Waals surface area (Å²) < 4.78 is 0. The molecule has 0 unspecified atom stereocenters. The minimum absolute atomic E-state index is 0.0374.